The van der Waals surface area contributed by atoms with E-state index >= 15 is 0 Å². The lowest BCUT2D eigenvalue weighted by molar-refractivity contribution is -0.141. The van der Waals surface area contributed by atoms with Crippen molar-refractivity contribution in [3.05, 3.63) is 48.0 Å². The van der Waals surface area contributed by atoms with E-state index in [9.17, 15) is 14.0 Å². The van der Waals surface area contributed by atoms with Crippen LogP contribution in [0.15, 0.2) is 36.5 Å². The largest absolute Gasteiger partial charge is 0.481 e. The van der Waals surface area contributed by atoms with Crippen molar-refractivity contribution in [2.75, 3.05) is 6.54 Å². The van der Waals surface area contributed by atoms with Crippen LogP contribution in [-0.4, -0.2) is 33.3 Å². The minimum absolute atomic E-state index is 0.0817. The Labute approximate surface area is 144 Å². The summed E-state index contributed by atoms with van der Waals surface area (Å²) in [5.74, 6) is -1.81. The first-order valence-electron chi connectivity index (χ1n) is 8.34. The number of hydrogen-bond acceptors (Lipinski definition) is 3. The number of nitrogens with one attached hydrogen (secondary N) is 1. The van der Waals surface area contributed by atoms with Gasteiger partial charge in [0, 0.05) is 25.1 Å². The molecule has 1 aliphatic carbocycles. The van der Waals surface area contributed by atoms with Crippen molar-refractivity contribution in [1.82, 2.24) is 15.1 Å². The molecule has 1 saturated carbocycles. The highest BCUT2D eigenvalue weighted by Crippen LogP contribution is 2.31. The molecule has 6 nitrogen and oxygen atoms in total. The van der Waals surface area contributed by atoms with E-state index in [-0.39, 0.29) is 17.6 Å². The van der Waals surface area contributed by atoms with Crippen LogP contribution in [0.5, 0.6) is 0 Å². The number of carboxylic acid groups (broad SMARTS) is 1. The van der Waals surface area contributed by atoms with Gasteiger partial charge in [-0.3, -0.25) is 9.59 Å². The van der Waals surface area contributed by atoms with Gasteiger partial charge in [-0.1, -0.05) is 0 Å². The van der Waals surface area contributed by atoms with Crippen LogP contribution < -0.4 is 5.32 Å². The third-order valence-electron chi connectivity index (χ3n) is 4.57. The first kappa shape index (κ1) is 17.1. The zero-order valence-electron chi connectivity index (χ0n) is 13.7. The lowest BCUT2D eigenvalue weighted by atomic mass is 10.0. The van der Waals surface area contributed by atoms with Crippen LogP contribution >= 0.6 is 0 Å². The summed E-state index contributed by atoms with van der Waals surface area (Å²) in [5.41, 5.74) is 1.59. The van der Waals surface area contributed by atoms with Crippen molar-refractivity contribution in [2.24, 2.45) is 11.8 Å². The predicted octanol–water partition coefficient (Wildman–Crippen LogP) is 2.17. The molecule has 1 fully saturated rings. The van der Waals surface area contributed by atoms with Crippen molar-refractivity contribution < 1.29 is 19.1 Å². The Hall–Kier alpha value is -2.70. The smallest absolute Gasteiger partial charge is 0.306 e. The zero-order valence-corrected chi connectivity index (χ0v) is 13.7. The number of amides is 1. The Kier molecular flexibility index (Phi) is 5.11. The van der Waals surface area contributed by atoms with Gasteiger partial charge in [-0.2, -0.15) is 5.10 Å². The van der Waals surface area contributed by atoms with E-state index < -0.39 is 11.9 Å². The molecule has 0 saturated heterocycles. The number of halogens is 1. The van der Waals surface area contributed by atoms with Gasteiger partial charge in [0.25, 0.3) is 0 Å². The molecule has 1 aromatic carbocycles. The van der Waals surface area contributed by atoms with E-state index in [2.05, 4.69) is 10.4 Å². The fourth-order valence-electron chi connectivity index (χ4n) is 3.13. The third-order valence-corrected chi connectivity index (χ3v) is 4.57. The Morgan fingerprint density at radius 1 is 1.20 bits per heavy atom. The molecule has 1 heterocycles. The normalized spacial score (nSPS) is 19.7. The average molecular weight is 345 g/mol. The van der Waals surface area contributed by atoms with Gasteiger partial charge in [0.1, 0.15) is 5.82 Å². The molecule has 1 aliphatic rings. The van der Waals surface area contributed by atoms with Gasteiger partial charge in [0.05, 0.1) is 17.3 Å². The standard InChI is InChI=1S/C18H20FN3O3/c19-14-3-5-16(6-4-14)22-10-8-15(21-22)7-9-20-17(23)12-1-2-13(11-12)18(24)25/h3-6,8,10,12-13H,1-2,7,9,11H2,(H,20,23)(H,24,25)/t12-,13+/m0/s1. The fourth-order valence-corrected chi connectivity index (χ4v) is 3.13. The van der Waals surface area contributed by atoms with E-state index in [1.807, 2.05) is 6.07 Å². The second kappa shape index (κ2) is 7.46. The molecule has 2 aromatic rings. The first-order chi connectivity index (χ1) is 12.0. The summed E-state index contributed by atoms with van der Waals surface area (Å²) in [6.45, 7) is 0.452. The maximum atomic E-state index is 12.9. The Morgan fingerprint density at radius 2 is 1.92 bits per heavy atom. The second-order valence-electron chi connectivity index (χ2n) is 6.31. The number of hydrogen-bond donors (Lipinski definition) is 2. The lowest BCUT2D eigenvalue weighted by Crippen LogP contribution is -2.31. The number of carbonyl (C=O) groups excluding carboxylic acids is 1. The van der Waals surface area contributed by atoms with E-state index in [0.29, 0.717) is 32.2 Å². The van der Waals surface area contributed by atoms with Crippen LogP contribution in [0.2, 0.25) is 0 Å². The van der Waals surface area contributed by atoms with E-state index in [1.165, 1.54) is 12.1 Å². The monoisotopic (exact) mass is 345 g/mol. The molecule has 0 radical (unpaired) electrons. The van der Waals surface area contributed by atoms with Crippen molar-refractivity contribution >= 4 is 11.9 Å². The Balaban J connectivity index is 1.47. The molecule has 0 aliphatic heterocycles. The van der Waals surface area contributed by atoms with Crippen LogP contribution in [0.25, 0.3) is 5.69 Å². The molecule has 0 spiro atoms. The van der Waals surface area contributed by atoms with E-state index in [4.69, 9.17) is 5.11 Å². The zero-order chi connectivity index (χ0) is 17.8. The first-order valence-corrected chi connectivity index (χ1v) is 8.34. The molecule has 0 unspecified atom stereocenters. The van der Waals surface area contributed by atoms with Gasteiger partial charge in [-0.25, -0.2) is 9.07 Å². The second-order valence-corrected chi connectivity index (χ2v) is 6.31. The maximum absolute atomic E-state index is 12.9. The molecular weight excluding hydrogens is 325 g/mol. The van der Waals surface area contributed by atoms with Gasteiger partial charge in [0.15, 0.2) is 0 Å². The van der Waals surface area contributed by atoms with Crippen LogP contribution in [0.3, 0.4) is 0 Å². The number of carbonyl (C=O) groups is 2. The van der Waals surface area contributed by atoms with Crippen LogP contribution in [0, 0.1) is 17.7 Å². The Bertz CT molecular complexity index is 757. The maximum Gasteiger partial charge on any atom is 0.306 e. The highest BCUT2D eigenvalue weighted by Gasteiger charge is 2.33. The SMILES string of the molecule is O=C(O)[C@@H]1CC[C@H](C(=O)NCCc2ccn(-c3ccc(F)cc3)n2)C1. The van der Waals surface area contributed by atoms with E-state index in [1.54, 1.807) is 23.0 Å². The highest BCUT2D eigenvalue weighted by molar-refractivity contribution is 5.80. The topological polar surface area (TPSA) is 84.2 Å². The number of nitrogens with zero attached hydrogens (tertiary/aromatic N) is 2. The van der Waals surface area contributed by atoms with Crippen LogP contribution in [-0.2, 0) is 16.0 Å². The van der Waals surface area contributed by atoms with Crippen molar-refractivity contribution in [3.8, 4) is 5.69 Å². The third kappa shape index (κ3) is 4.23. The summed E-state index contributed by atoms with van der Waals surface area (Å²) in [4.78, 5) is 23.0. The van der Waals surface area contributed by atoms with Gasteiger partial charge < -0.3 is 10.4 Å². The number of rotatable bonds is 6. The quantitative estimate of drug-likeness (QED) is 0.840. The van der Waals surface area contributed by atoms with Crippen molar-refractivity contribution in [1.29, 1.82) is 0 Å². The predicted molar refractivity (Wildman–Crippen MR) is 88.7 cm³/mol. The van der Waals surface area contributed by atoms with Gasteiger partial charge in [-0.05, 0) is 49.6 Å². The van der Waals surface area contributed by atoms with Crippen molar-refractivity contribution in [3.63, 3.8) is 0 Å². The minimum Gasteiger partial charge on any atom is -0.481 e. The summed E-state index contributed by atoms with van der Waals surface area (Å²) < 4.78 is 14.6. The van der Waals surface area contributed by atoms with Crippen LogP contribution in [0.1, 0.15) is 25.0 Å². The summed E-state index contributed by atoms with van der Waals surface area (Å²) in [6, 6.07) is 7.90. The number of carboxylic acids is 1. The summed E-state index contributed by atoms with van der Waals surface area (Å²) in [6.07, 6.45) is 3.98. The summed E-state index contributed by atoms with van der Waals surface area (Å²) in [7, 11) is 0. The molecule has 7 heteroatoms. The van der Waals surface area contributed by atoms with Gasteiger partial charge in [0.2, 0.25) is 5.91 Å². The van der Waals surface area contributed by atoms with Gasteiger partial charge in [-0.15, -0.1) is 0 Å². The number of benzene rings is 1. The molecular formula is C18H20FN3O3. The van der Waals surface area contributed by atoms with Gasteiger partial charge >= 0.3 is 5.97 Å². The highest BCUT2D eigenvalue weighted by atomic mass is 19.1. The molecule has 1 amide bonds. The van der Waals surface area contributed by atoms with Crippen LogP contribution in [0.4, 0.5) is 4.39 Å². The summed E-state index contributed by atoms with van der Waals surface area (Å²) in [5, 5.41) is 16.2. The fraction of sp³-hybridized carbons (Fsp3) is 0.389. The van der Waals surface area contributed by atoms with E-state index in [0.717, 1.165) is 11.4 Å². The lowest BCUT2D eigenvalue weighted by Gasteiger charge is -2.10. The molecule has 2 atom stereocenters. The summed E-state index contributed by atoms with van der Waals surface area (Å²) >= 11 is 0. The molecule has 25 heavy (non-hydrogen) atoms. The Morgan fingerprint density at radius 3 is 2.60 bits per heavy atom. The van der Waals surface area contributed by atoms with Crippen molar-refractivity contribution in [2.45, 2.75) is 25.7 Å². The number of aliphatic carboxylic acids is 1. The minimum atomic E-state index is -0.818. The molecule has 2 N–H and O–H groups in total. The average Bonchev–Trinajstić information content (AvgIpc) is 3.25. The number of aromatic nitrogens is 2. The molecule has 1 aromatic heterocycles. The molecule has 132 valence electrons. The molecule has 3 rings (SSSR count). The molecule has 0 bridgehead atoms.